The number of nitrogens with zero attached hydrogens (tertiary/aromatic N) is 1. The van der Waals surface area contributed by atoms with Crippen LogP contribution in [0.3, 0.4) is 0 Å². The fraction of sp³-hybridized carbons (Fsp3) is 0.261. The first-order valence-electron chi connectivity index (χ1n) is 9.33. The van der Waals surface area contributed by atoms with Crippen molar-refractivity contribution in [2.75, 3.05) is 7.11 Å². The van der Waals surface area contributed by atoms with E-state index in [2.05, 4.69) is 5.32 Å². The molecule has 0 aliphatic rings. The third kappa shape index (κ3) is 4.36. The third-order valence-electron chi connectivity index (χ3n) is 4.53. The molecule has 0 saturated heterocycles. The molecule has 3 rings (SSSR count). The number of hydrogen-bond acceptors (Lipinski definition) is 4. The normalized spacial score (nSPS) is 12.0. The maximum atomic E-state index is 13.1. The Morgan fingerprint density at radius 1 is 1.04 bits per heavy atom. The van der Waals surface area contributed by atoms with Crippen molar-refractivity contribution in [1.29, 1.82) is 0 Å². The molecule has 1 unspecified atom stereocenters. The molecule has 1 heterocycles. The number of carbonyl (C=O) groups excluding carboxylic acids is 2. The molecule has 0 radical (unpaired) electrons. The number of methoxy groups -OCH3 is 1. The number of ether oxygens (including phenoxy) is 1. The van der Waals surface area contributed by atoms with Crippen LogP contribution in [0.1, 0.15) is 30.6 Å². The van der Waals surface area contributed by atoms with Crippen molar-refractivity contribution >= 4 is 22.8 Å². The van der Waals surface area contributed by atoms with E-state index in [1.54, 1.807) is 6.07 Å². The van der Waals surface area contributed by atoms with Gasteiger partial charge < -0.3 is 10.1 Å². The Kier molecular flexibility index (Phi) is 6.04. The molecule has 1 N–H and O–H groups in total. The molecule has 144 valence electrons. The van der Waals surface area contributed by atoms with Crippen LogP contribution in [0.15, 0.2) is 60.7 Å². The Morgan fingerprint density at radius 2 is 1.71 bits per heavy atom. The number of nitrogens with one attached hydrogen (secondary N) is 1. The fourth-order valence-electron chi connectivity index (χ4n) is 3.18. The topological polar surface area (TPSA) is 68.3 Å². The number of benzene rings is 2. The largest absolute Gasteiger partial charge is 0.467 e. The zero-order valence-corrected chi connectivity index (χ0v) is 16.3. The minimum atomic E-state index is -0.690. The number of amides is 1. The number of rotatable bonds is 6. The van der Waals surface area contributed by atoms with Gasteiger partial charge in [-0.1, -0.05) is 62.4 Å². The maximum absolute atomic E-state index is 13.1. The van der Waals surface area contributed by atoms with E-state index in [-0.39, 0.29) is 11.8 Å². The predicted octanol–water partition coefficient (Wildman–Crippen LogP) is 4.22. The Labute approximate surface area is 164 Å². The molecule has 0 saturated carbocycles. The number of fused-ring (bicyclic) bond motifs is 1. The summed E-state index contributed by atoms with van der Waals surface area (Å²) < 4.78 is 4.86. The maximum Gasteiger partial charge on any atom is 0.328 e. The minimum Gasteiger partial charge on any atom is -0.467 e. The van der Waals surface area contributed by atoms with Gasteiger partial charge in [0.05, 0.1) is 23.9 Å². The van der Waals surface area contributed by atoms with E-state index in [0.29, 0.717) is 17.7 Å². The average Bonchev–Trinajstić information content (AvgIpc) is 2.72. The van der Waals surface area contributed by atoms with Crippen LogP contribution in [0.4, 0.5) is 0 Å². The lowest BCUT2D eigenvalue weighted by molar-refractivity contribution is -0.143. The molecular formula is C23H24N2O3. The molecule has 1 amide bonds. The highest BCUT2D eigenvalue weighted by Crippen LogP contribution is 2.25. The zero-order chi connectivity index (χ0) is 20.1. The lowest BCUT2D eigenvalue weighted by Crippen LogP contribution is -2.42. The highest BCUT2D eigenvalue weighted by Gasteiger charge is 2.24. The van der Waals surface area contributed by atoms with Gasteiger partial charge in [-0.2, -0.15) is 0 Å². The number of carbonyl (C=O) groups is 2. The van der Waals surface area contributed by atoms with Crippen molar-refractivity contribution < 1.29 is 14.3 Å². The van der Waals surface area contributed by atoms with E-state index in [9.17, 15) is 9.59 Å². The van der Waals surface area contributed by atoms with E-state index >= 15 is 0 Å². The lowest BCUT2D eigenvalue weighted by Gasteiger charge is -2.19. The van der Waals surface area contributed by atoms with Gasteiger partial charge in [-0.05, 0) is 24.5 Å². The number of aromatic nitrogens is 1. The van der Waals surface area contributed by atoms with Crippen LogP contribution in [0.5, 0.6) is 0 Å². The molecule has 5 nitrogen and oxygen atoms in total. The van der Waals surface area contributed by atoms with Crippen molar-refractivity contribution in [2.24, 2.45) is 5.92 Å². The molecule has 0 aliphatic carbocycles. The second-order valence-electron chi connectivity index (χ2n) is 7.12. The summed E-state index contributed by atoms with van der Waals surface area (Å²) >= 11 is 0. The zero-order valence-electron chi connectivity index (χ0n) is 16.3. The lowest BCUT2D eigenvalue weighted by atomic mass is 10.0. The second kappa shape index (κ2) is 8.65. The van der Waals surface area contributed by atoms with E-state index in [1.165, 1.54) is 7.11 Å². The molecular weight excluding hydrogens is 352 g/mol. The standard InChI is InChI=1S/C23H24N2O3/c1-15(2)13-21(23(27)28-3)25-22(26)18-14-20(16-9-5-4-6-10-16)24-19-12-8-7-11-17(18)19/h4-12,14-15,21H,13H2,1-3H3,(H,25,26). The van der Waals surface area contributed by atoms with Gasteiger partial charge in [-0.3, -0.25) is 4.79 Å². The van der Waals surface area contributed by atoms with Crippen molar-refractivity contribution in [1.82, 2.24) is 10.3 Å². The van der Waals surface area contributed by atoms with Gasteiger partial charge in [0, 0.05) is 10.9 Å². The first kappa shape index (κ1) is 19.5. The van der Waals surface area contributed by atoms with Crippen LogP contribution in [0.2, 0.25) is 0 Å². The number of para-hydroxylation sites is 1. The molecule has 0 spiro atoms. The summed E-state index contributed by atoms with van der Waals surface area (Å²) in [6.45, 7) is 3.99. The average molecular weight is 376 g/mol. The van der Waals surface area contributed by atoms with Crippen LogP contribution in [-0.4, -0.2) is 30.0 Å². The summed E-state index contributed by atoms with van der Waals surface area (Å²) in [4.78, 5) is 29.9. The van der Waals surface area contributed by atoms with Crippen LogP contribution in [0.25, 0.3) is 22.2 Å². The summed E-state index contributed by atoms with van der Waals surface area (Å²) in [7, 11) is 1.33. The van der Waals surface area contributed by atoms with Gasteiger partial charge in [-0.15, -0.1) is 0 Å². The molecule has 1 atom stereocenters. The molecule has 28 heavy (non-hydrogen) atoms. The first-order valence-corrected chi connectivity index (χ1v) is 9.33. The van der Waals surface area contributed by atoms with Gasteiger partial charge in [0.2, 0.25) is 0 Å². The smallest absolute Gasteiger partial charge is 0.328 e. The summed E-state index contributed by atoms with van der Waals surface area (Å²) in [5, 5.41) is 3.59. The summed E-state index contributed by atoms with van der Waals surface area (Å²) in [5.41, 5.74) is 2.85. The monoisotopic (exact) mass is 376 g/mol. The van der Waals surface area contributed by atoms with Gasteiger partial charge in [-0.25, -0.2) is 9.78 Å². The van der Waals surface area contributed by atoms with Crippen molar-refractivity contribution in [2.45, 2.75) is 26.3 Å². The highest BCUT2D eigenvalue weighted by atomic mass is 16.5. The first-order chi connectivity index (χ1) is 13.5. The van der Waals surface area contributed by atoms with Crippen molar-refractivity contribution in [3.05, 3.63) is 66.2 Å². The summed E-state index contributed by atoms with van der Waals surface area (Å²) in [6.07, 6.45) is 0.507. The number of esters is 1. The summed E-state index contributed by atoms with van der Waals surface area (Å²) in [5.74, 6) is -0.519. The molecule has 0 fully saturated rings. The Hall–Kier alpha value is -3.21. The molecule has 5 heteroatoms. The fourth-order valence-corrected chi connectivity index (χ4v) is 3.18. The highest BCUT2D eigenvalue weighted by molar-refractivity contribution is 6.08. The van der Waals surface area contributed by atoms with Crippen LogP contribution in [0, 0.1) is 5.92 Å². The quantitative estimate of drug-likeness (QED) is 0.654. The number of pyridine rings is 1. The summed E-state index contributed by atoms with van der Waals surface area (Å²) in [6, 6.07) is 18.3. The second-order valence-corrected chi connectivity index (χ2v) is 7.12. The molecule has 1 aromatic heterocycles. The van der Waals surface area contributed by atoms with Gasteiger partial charge >= 0.3 is 5.97 Å². The van der Waals surface area contributed by atoms with E-state index in [0.717, 1.165) is 16.5 Å². The van der Waals surface area contributed by atoms with E-state index < -0.39 is 12.0 Å². The third-order valence-corrected chi connectivity index (χ3v) is 4.53. The number of hydrogen-bond donors (Lipinski definition) is 1. The minimum absolute atomic E-state index is 0.235. The Balaban J connectivity index is 2.03. The SMILES string of the molecule is COC(=O)C(CC(C)C)NC(=O)c1cc(-c2ccccc2)nc2ccccc12. The van der Waals surface area contributed by atoms with Crippen molar-refractivity contribution in [3.63, 3.8) is 0 Å². The van der Waals surface area contributed by atoms with Gasteiger partial charge in [0.25, 0.3) is 5.91 Å². The molecule has 3 aromatic rings. The van der Waals surface area contributed by atoms with Crippen molar-refractivity contribution in [3.8, 4) is 11.3 Å². The predicted molar refractivity (Wildman–Crippen MR) is 110 cm³/mol. The van der Waals surface area contributed by atoms with Crippen LogP contribution >= 0.6 is 0 Å². The Morgan fingerprint density at radius 3 is 2.39 bits per heavy atom. The van der Waals surface area contributed by atoms with E-state index in [4.69, 9.17) is 9.72 Å². The van der Waals surface area contributed by atoms with Crippen LogP contribution in [-0.2, 0) is 9.53 Å². The molecule has 0 aliphatic heterocycles. The van der Waals surface area contributed by atoms with Crippen LogP contribution < -0.4 is 5.32 Å². The molecule has 0 bridgehead atoms. The van der Waals surface area contributed by atoms with Gasteiger partial charge in [0.1, 0.15) is 6.04 Å². The Bertz CT molecular complexity index is 984. The van der Waals surface area contributed by atoms with Gasteiger partial charge in [0.15, 0.2) is 0 Å². The van der Waals surface area contributed by atoms with E-state index in [1.807, 2.05) is 68.4 Å². The molecule has 2 aromatic carbocycles.